The van der Waals surface area contributed by atoms with E-state index < -0.39 is 97.5 Å². The van der Waals surface area contributed by atoms with Crippen molar-refractivity contribution < 1.29 is 80.2 Å². The molecule has 0 aliphatic heterocycles. The van der Waals surface area contributed by atoms with Crippen LogP contribution in [0.3, 0.4) is 0 Å². The first-order valence-electron chi connectivity index (χ1n) is 37.9. The summed E-state index contributed by atoms with van der Waals surface area (Å²) in [6.45, 7) is 11.9. The molecule has 17 nitrogen and oxygen atoms in total. The molecule has 0 radical (unpaired) electrons. The number of hydrogen-bond acceptors (Lipinski definition) is 15. The lowest BCUT2D eigenvalue weighted by Gasteiger charge is -2.21. The van der Waals surface area contributed by atoms with Gasteiger partial charge in [0.1, 0.15) is 19.3 Å². The van der Waals surface area contributed by atoms with Gasteiger partial charge >= 0.3 is 39.5 Å². The second-order valence-electron chi connectivity index (χ2n) is 27.3. The third-order valence-electron chi connectivity index (χ3n) is 17.6. The van der Waals surface area contributed by atoms with Gasteiger partial charge in [0.15, 0.2) is 12.2 Å². The highest BCUT2D eigenvalue weighted by molar-refractivity contribution is 7.47. The molecule has 0 aliphatic carbocycles. The highest BCUT2D eigenvalue weighted by atomic mass is 31.2. The molecule has 0 aliphatic rings. The van der Waals surface area contributed by atoms with Gasteiger partial charge in [0, 0.05) is 25.7 Å². The molecule has 92 heavy (non-hydrogen) atoms. The highest BCUT2D eigenvalue weighted by Crippen LogP contribution is 2.45. The van der Waals surface area contributed by atoms with Crippen LogP contribution in [0.25, 0.3) is 0 Å². The van der Waals surface area contributed by atoms with E-state index in [0.717, 1.165) is 108 Å². The monoisotopic (exact) mass is 1350 g/mol. The molecule has 0 amide bonds. The Balaban J connectivity index is 5.23. The van der Waals surface area contributed by atoms with Gasteiger partial charge in [0.05, 0.1) is 26.4 Å². The van der Waals surface area contributed by atoms with Gasteiger partial charge in [-0.15, -0.1) is 0 Å². The van der Waals surface area contributed by atoms with Crippen LogP contribution in [0, 0.1) is 17.8 Å². The Morgan fingerprint density at radius 2 is 0.554 bits per heavy atom. The number of aliphatic hydroxyl groups is 1. The Hall–Kier alpha value is -1.94. The van der Waals surface area contributed by atoms with E-state index in [-0.39, 0.29) is 25.7 Å². The Labute approximate surface area is 562 Å². The number of esters is 4. The molecular weight excluding hydrogens is 1210 g/mol. The van der Waals surface area contributed by atoms with Crippen molar-refractivity contribution in [3.05, 3.63) is 0 Å². The predicted octanol–water partition coefficient (Wildman–Crippen LogP) is 21.0. The lowest BCUT2D eigenvalue weighted by molar-refractivity contribution is -0.161. The highest BCUT2D eigenvalue weighted by Gasteiger charge is 2.30. The van der Waals surface area contributed by atoms with Crippen LogP contribution < -0.4 is 0 Å². The SMILES string of the molecule is CCCCCCCCCCCC(=O)OC[C@H](COP(=O)(O)OC[C@H](O)COP(=O)(O)OC[C@@H](COC(=O)CCCCCCCCCCCCC(C)CC)OC(=O)CCCCCCCCCCCCCCCCC(C)CC)OC(=O)CCCCCCCCCCC(C)C. The van der Waals surface area contributed by atoms with Crippen LogP contribution >= 0.6 is 15.6 Å². The summed E-state index contributed by atoms with van der Waals surface area (Å²) >= 11 is 0. The van der Waals surface area contributed by atoms with E-state index in [0.29, 0.717) is 25.7 Å². The Kier molecular flexibility index (Phi) is 62.4. The zero-order valence-corrected chi connectivity index (χ0v) is 61.8. The molecule has 19 heteroatoms. The van der Waals surface area contributed by atoms with Crippen molar-refractivity contribution >= 4 is 39.5 Å². The van der Waals surface area contributed by atoms with Gasteiger partial charge in [0.25, 0.3) is 0 Å². The molecule has 0 bridgehead atoms. The largest absolute Gasteiger partial charge is 0.472 e. The first-order chi connectivity index (χ1) is 44.3. The summed E-state index contributed by atoms with van der Waals surface area (Å²) in [5.74, 6) is 0.250. The summed E-state index contributed by atoms with van der Waals surface area (Å²) in [5, 5.41) is 10.6. The van der Waals surface area contributed by atoms with Crippen molar-refractivity contribution in [1.82, 2.24) is 0 Å². The van der Waals surface area contributed by atoms with Crippen LogP contribution in [-0.2, 0) is 65.4 Å². The summed E-state index contributed by atoms with van der Waals surface area (Å²) in [6, 6.07) is 0. The summed E-state index contributed by atoms with van der Waals surface area (Å²) in [7, 11) is -9.90. The maximum atomic E-state index is 13.1. The second-order valence-corrected chi connectivity index (χ2v) is 30.2. The van der Waals surface area contributed by atoms with Gasteiger partial charge in [-0.2, -0.15) is 0 Å². The number of carbonyl (C=O) groups is 4. The molecule has 0 fully saturated rings. The average molecular weight is 1350 g/mol. The van der Waals surface area contributed by atoms with Crippen LogP contribution in [0.1, 0.15) is 370 Å². The summed E-state index contributed by atoms with van der Waals surface area (Å²) in [4.78, 5) is 72.6. The van der Waals surface area contributed by atoms with Gasteiger partial charge < -0.3 is 33.8 Å². The van der Waals surface area contributed by atoms with Crippen molar-refractivity contribution in [3.8, 4) is 0 Å². The van der Waals surface area contributed by atoms with E-state index >= 15 is 0 Å². The third kappa shape index (κ3) is 64.1. The van der Waals surface area contributed by atoms with Crippen LogP contribution in [0.4, 0.5) is 0 Å². The van der Waals surface area contributed by atoms with Crippen molar-refractivity contribution in [2.45, 2.75) is 388 Å². The lowest BCUT2D eigenvalue weighted by atomic mass is 9.99. The standard InChI is InChI=1S/C73H142O17P2/c1-8-11-12-13-14-23-33-40-47-54-70(75)83-60-69(90-73(78)57-50-43-36-29-28-30-37-44-51-64(4)5)63-88-92(81,82)86-59-67(74)58-85-91(79,80)87-62-68(61-84-71(76)55-48-41-34-26-22-21-25-32-39-46-53-66(7)10-3)89-72(77)56-49-42-35-27-20-18-16-15-17-19-24-31-38-45-52-65(6)9-2/h64-69,74H,8-63H2,1-7H3,(H,79,80)(H,81,82)/t65?,66?,67-,68-,69-/m1/s1. The number of ether oxygens (including phenoxy) is 4. The minimum atomic E-state index is -4.96. The molecule has 0 heterocycles. The Morgan fingerprint density at radius 1 is 0.315 bits per heavy atom. The zero-order chi connectivity index (χ0) is 68.0. The lowest BCUT2D eigenvalue weighted by Crippen LogP contribution is -2.30. The normalized spacial score (nSPS) is 14.7. The van der Waals surface area contributed by atoms with E-state index in [4.69, 9.17) is 37.0 Å². The van der Waals surface area contributed by atoms with Crippen molar-refractivity contribution in [1.29, 1.82) is 0 Å². The smallest absolute Gasteiger partial charge is 0.462 e. The van der Waals surface area contributed by atoms with E-state index in [2.05, 4.69) is 48.5 Å². The van der Waals surface area contributed by atoms with Crippen LogP contribution in [0.15, 0.2) is 0 Å². The van der Waals surface area contributed by atoms with Crippen LogP contribution in [0.2, 0.25) is 0 Å². The third-order valence-corrected chi connectivity index (χ3v) is 19.5. The van der Waals surface area contributed by atoms with E-state index in [9.17, 15) is 43.2 Å². The number of unbranched alkanes of at least 4 members (excludes halogenated alkanes) is 37. The van der Waals surface area contributed by atoms with E-state index in [1.165, 1.54) is 180 Å². The molecule has 0 aromatic heterocycles. The fourth-order valence-corrected chi connectivity index (χ4v) is 12.6. The maximum absolute atomic E-state index is 13.1. The number of phosphoric acid groups is 2. The fourth-order valence-electron chi connectivity index (χ4n) is 11.0. The number of rotatable bonds is 71. The molecule has 0 aromatic carbocycles. The maximum Gasteiger partial charge on any atom is 0.472 e. The number of carbonyl (C=O) groups excluding carboxylic acids is 4. The van der Waals surface area contributed by atoms with Crippen LogP contribution in [0.5, 0.6) is 0 Å². The van der Waals surface area contributed by atoms with E-state index in [1.807, 2.05) is 0 Å². The van der Waals surface area contributed by atoms with Gasteiger partial charge in [-0.25, -0.2) is 9.13 Å². The number of aliphatic hydroxyl groups excluding tert-OH is 1. The first-order valence-corrected chi connectivity index (χ1v) is 40.9. The molecule has 0 rings (SSSR count). The fraction of sp³-hybridized carbons (Fsp3) is 0.945. The van der Waals surface area contributed by atoms with Gasteiger partial charge in [-0.05, 0) is 43.4 Å². The summed E-state index contributed by atoms with van der Waals surface area (Å²) < 4.78 is 68.4. The van der Waals surface area contributed by atoms with E-state index in [1.54, 1.807) is 0 Å². The molecule has 4 unspecified atom stereocenters. The van der Waals surface area contributed by atoms with Crippen molar-refractivity contribution in [2.75, 3.05) is 39.6 Å². The molecule has 0 saturated carbocycles. The second kappa shape index (κ2) is 63.8. The average Bonchev–Trinajstić information content (AvgIpc) is 2.97. The Morgan fingerprint density at radius 3 is 0.826 bits per heavy atom. The predicted molar refractivity (Wildman–Crippen MR) is 372 cm³/mol. The van der Waals surface area contributed by atoms with Gasteiger partial charge in [0.2, 0.25) is 0 Å². The minimum absolute atomic E-state index is 0.104. The molecule has 7 atom stereocenters. The van der Waals surface area contributed by atoms with Crippen molar-refractivity contribution in [2.24, 2.45) is 17.8 Å². The topological polar surface area (TPSA) is 237 Å². The van der Waals surface area contributed by atoms with Crippen LogP contribution in [-0.4, -0.2) is 96.7 Å². The molecule has 0 spiro atoms. The molecule has 0 saturated heterocycles. The number of hydrogen-bond donors (Lipinski definition) is 3. The van der Waals surface area contributed by atoms with Gasteiger partial charge in [-0.1, -0.05) is 318 Å². The summed E-state index contributed by atoms with van der Waals surface area (Å²) in [5.41, 5.74) is 0. The number of phosphoric ester groups is 2. The molecule has 0 aromatic rings. The van der Waals surface area contributed by atoms with Crippen molar-refractivity contribution in [3.63, 3.8) is 0 Å². The zero-order valence-electron chi connectivity index (χ0n) is 60.0. The molecular formula is C73H142O17P2. The molecule has 3 N–H and O–H groups in total. The quantitative estimate of drug-likeness (QED) is 0.0222. The Bertz CT molecular complexity index is 1810. The summed E-state index contributed by atoms with van der Waals surface area (Å²) in [6.07, 6.45) is 48.5. The molecule has 546 valence electrons. The minimum Gasteiger partial charge on any atom is -0.462 e. The van der Waals surface area contributed by atoms with Gasteiger partial charge in [-0.3, -0.25) is 37.3 Å². The first kappa shape index (κ1) is 90.1.